The average Bonchev–Trinajstić information content (AvgIpc) is 2.45. The van der Waals surface area contributed by atoms with Crippen molar-refractivity contribution in [3.63, 3.8) is 0 Å². The van der Waals surface area contributed by atoms with Crippen LogP contribution in [0.3, 0.4) is 0 Å². The van der Waals surface area contributed by atoms with Gasteiger partial charge in [0.15, 0.2) is 0 Å². The van der Waals surface area contributed by atoms with Gasteiger partial charge >= 0.3 is 0 Å². The van der Waals surface area contributed by atoms with E-state index in [1.807, 2.05) is 24.3 Å². The quantitative estimate of drug-likeness (QED) is 0.723. The van der Waals surface area contributed by atoms with Gasteiger partial charge in [0, 0.05) is 16.9 Å². The second-order valence-electron chi connectivity index (χ2n) is 6.60. The summed E-state index contributed by atoms with van der Waals surface area (Å²) in [6.45, 7) is 11.5. The maximum Gasteiger partial charge on any atom is 0.251 e. The van der Waals surface area contributed by atoms with E-state index in [1.54, 1.807) is 0 Å². The van der Waals surface area contributed by atoms with Crippen LogP contribution in [0.5, 0.6) is 0 Å². The number of amides is 1. The molecule has 0 saturated heterocycles. The van der Waals surface area contributed by atoms with Gasteiger partial charge in [-0.1, -0.05) is 81.6 Å². The Hall–Kier alpha value is -0.830. The summed E-state index contributed by atoms with van der Waals surface area (Å²) in [6, 6.07) is 7.88. The monoisotopic (exact) mass is 353 g/mol. The number of nitrogens with one attached hydrogen (secondary N) is 1. The van der Waals surface area contributed by atoms with Crippen LogP contribution >= 0.6 is 15.9 Å². The summed E-state index contributed by atoms with van der Waals surface area (Å²) in [5.74, 6) is 0.624. The van der Waals surface area contributed by atoms with E-state index < -0.39 is 0 Å². The predicted molar refractivity (Wildman–Crippen MR) is 94.3 cm³/mol. The summed E-state index contributed by atoms with van der Waals surface area (Å²) in [7, 11) is 0. The number of rotatable bonds is 6. The first-order valence-corrected chi connectivity index (χ1v) is 8.74. The van der Waals surface area contributed by atoms with Gasteiger partial charge < -0.3 is 5.32 Å². The number of carbonyl (C=O) groups excluding carboxylic acids is 1. The third-order valence-corrected chi connectivity index (χ3v) is 5.07. The number of carbonyl (C=O) groups is 1. The summed E-state index contributed by atoms with van der Waals surface area (Å²) < 4.78 is 0. The van der Waals surface area contributed by atoms with Gasteiger partial charge in [0.25, 0.3) is 5.91 Å². The van der Waals surface area contributed by atoms with Crippen molar-refractivity contribution in [1.29, 1.82) is 0 Å². The fourth-order valence-electron chi connectivity index (χ4n) is 2.59. The fourth-order valence-corrected chi connectivity index (χ4v) is 3.50. The molecule has 2 nitrogen and oxygen atoms in total. The minimum absolute atomic E-state index is 0.0240. The molecule has 0 saturated carbocycles. The van der Waals surface area contributed by atoms with Crippen molar-refractivity contribution in [1.82, 2.24) is 5.32 Å². The van der Waals surface area contributed by atoms with Crippen molar-refractivity contribution in [2.24, 2.45) is 5.92 Å². The second-order valence-corrected chi connectivity index (χ2v) is 7.77. The molecule has 1 N–H and O–H groups in total. The van der Waals surface area contributed by atoms with E-state index >= 15 is 0 Å². The smallest absolute Gasteiger partial charge is 0.251 e. The van der Waals surface area contributed by atoms with Gasteiger partial charge in [-0.2, -0.15) is 0 Å². The summed E-state index contributed by atoms with van der Waals surface area (Å²) in [6.07, 6.45) is 2.25. The highest BCUT2D eigenvalue weighted by Gasteiger charge is 2.22. The number of benzene rings is 1. The third kappa shape index (κ3) is 5.14. The lowest BCUT2D eigenvalue weighted by molar-refractivity contribution is 0.0950. The van der Waals surface area contributed by atoms with Crippen molar-refractivity contribution in [2.75, 3.05) is 6.54 Å². The van der Waals surface area contributed by atoms with Crippen LogP contribution in [-0.4, -0.2) is 17.3 Å². The molecule has 1 atom stereocenters. The standard InChI is InChI=1S/C18H28BrNO/c1-6-13(7-2)16(19)12-20-17(21)14-10-8-9-11-15(14)18(3,4)5/h8-11,13,16H,6-7,12H2,1-5H3,(H,20,21). The molecule has 0 aliphatic heterocycles. The van der Waals surface area contributed by atoms with Crippen LogP contribution in [0, 0.1) is 5.92 Å². The van der Waals surface area contributed by atoms with Crippen molar-refractivity contribution in [3.8, 4) is 0 Å². The van der Waals surface area contributed by atoms with Gasteiger partial charge in [-0.25, -0.2) is 0 Å². The predicted octanol–water partition coefficient (Wildman–Crippen LogP) is 4.91. The maximum atomic E-state index is 12.5. The Balaban J connectivity index is 2.78. The molecule has 1 unspecified atom stereocenters. The SMILES string of the molecule is CCC(CC)C(Br)CNC(=O)c1ccccc1C(C)(C)C. The van der Waals surface area contributed by atoms with Gasteiger partial charge in [0.2, 0.25) is 0 Å². The van der Waals surface area contributed by atoms with E-state index in [2.05, 4.69) is 55.9 Å². The molecular formula is C18H28BrNO. The second kappa shape index (κ2) is 7.98. The molecule has 1 aromatic rings. The molecule has 0 fully saturated rings. The fraction of sp³-hybridized carbons (Fsp3) is 0.611. The Morgan fingerprint density at radius 2 is 1.76 bits per heavy atom. The lowest BCUT2D eigenvalue weighted by Crippen LogP contribution is -2.34. The van der Waals surface area contributed by atoms with Crippen LogP contribution in [0.15, 0.2) is 24.3 Å². The number of hydrogen-bond donors (Lipinski definition) is 1. The molecule has 0 spiro atoms. The number of hydrogen-bond acceptors (Lipinski definition) is 1. The Bertz CT molecular complexity index is 461. The first-order valence-electron chi connectivity index (χ1n) is 7.83. The molecule has 21 heavy (non-hydrogen) atoms. The maximum absolute atomic E-state index is 12.5. The van der Waals surface area contributed by atoms with E-state index in [0.717, 1.165) is 24.0 Å². The average molecular weight is 354 g/mol. The van der Waals surface area contributed by atoms with E-state index in [-0.39, 0.29) is 11.3 Å². The molecule has 1 aromatic carbocycles. The van der Waals surface area contributed by atoms with Crippen LogP contribution < -0.4 is 5.32 Å². The first kappa shape index (κ1) is 18.2. The summed E-state index contributed by atoms with van der Waals surface area (Å²) in [4.78, 5) is 12.8. The zero-order valence-corrected chi connectivity index (χ0v) is 15.5. The molecule has 118 valence electrons. The van der Waals surface area contributed by atoms with Crippen LogP contribution in [0.25, 0.3) is 0 Å². The van der Waals surface area contributed by atoms with Crippen molar-refractivity contribution in [2.45, 2.75) is 57.7 Å². The molecule has 0 heterocycles. The Labute approximate surface area is 137 Å². The molecule has 0 aliphatic carbocycles. The third-order valence-electron chi connectivity index (χ3n) is 4.00. The first-order chi connectivity index (χ1) is 9.81. The van der Waals surface area contributed by atoms with Crippen molar-refractivity contribution in [3.05, 3.63) is 35.4 Å². The van der Waals surface area contributed by atoms with E-state index in [0.29, 0.717) is 17.3 Å². The number of halogens is 1. The normalized spacial score (nSPS) is 13.3. The van der Waals surface area contributed by atoms with Crippen LogP contribution in [0.4, 0.5) is 0 Å². The summed E-state index contributed by atoms with van der Waals surface area (Å²) >= 11 is 3.71. The molecule has 0 aliphatic rings. The largest absolute Gasteiger partial charge is 0.351 e. The molecule has 1 rings (SSSR count). The minimum Gasteiger partial charge on any atom is -0.351 e. The Kier molecular flexibility index (Phi) is 6.92. The van der Waals surface area contributed by atoms with Gasteiger partial charge in [-0.3, -0.25) is 4.79 Å². The molecular weight excluding hydrogens is 326 g/mol. The van der Waals surface area contributed by atoms with Crippen LogP contribution in [0.1, 0.15) is 63.4 Å². The summed E-state index contributed by atoms with van der Waals surface area (Å²) in [5.41, 5.74) is 1.85. The zero-order chi connectivity index (χ0) is 16.0. The molecule has 1 amide bonds. The van der Waals surface area contributed by atoms with Crippen molar-refractivity contribution < 1.29 is 4.79 Å². The van der Waals surface area contributed by atoms with Crippen LogP contribution in [-0.2, 0) is 5.41 Å². The molecule has 3 heteroatoms. The molecule has 0 aromatic heterocycles. The van der Waals surface area contributed by atoms with E-state index in [9.17, 15) is 4.79 Å². The van der Waals surface area contributed by atoms with E-state index in [1.165, 1.54) is 0 Å². The van der Waals surface area contributed by atoms with Crippen LogP contribution in [0.2, 0.25) is 0 Å². The minimum atomic E-state index is -0.0306. The Morgan fingerprint density at radius 3 is 2.29 bits per heavy atom. The highest BCUT2D eigenvalue weighted by atomic mass is 79.9. The zero-order valence-electron chi connectivity index (χ0n) is 13.9. The van der Waals surface area contributed by atoms with Gasteiger partial charge in [0.05, 0.1) is 0 Å². The van der Waals surface area contributed by atoms with E-state index in [4.69, 9.17) is 0 Å². The summed E-state index contributed by atoms with van der Waals surface area (Å²) in [5, 5.41) is 3.07. The molecule has 0 radical (unpaired) electrons. The topological polar surface area (TPSA) is 29.1 Å². The van der Waals surface area contributed by atoms with Gasteiger partial charge in [-0.05, 0) is 23.0 Å². The lowest BCUT2D eigenvalue weighted by Gasteiger charge is -2.23. The van der Waals surface area contributed by atoms with Crippen molar-refractivity contribution >= 4 is 21.8 Å². The number of alkyl halides is 1. The lowest BCUT2D eigenvalue weighted by atomic mass is 9.83. The highest BCUT2D eigenvalue weighted by molar-refractivity contribution is 9.09. The van der Waals surface area contributed by atoms with Gasteiger partial charge in [0.1, 0.15) is 0 Å². The molecule has 0 bridgehead atoms. The Morgan fingerprint density at radius 1 is 1.19 bits per heavy atom. The van der Waals surface area contributed by atoms with Gasteiger partial charge in [-0.15, -0.1) is 0 Å². The highest BCUT2D eigenvalue weighted by Crippen LogP contribution is 2.26.